The molecule has 1 aliphatic rings. The van der Waals surface area contributed by atoms with E-state index in [-0.39, 0.29) is 12.1 Å². The van der Waals surface area contributed by atoms with Gasteiger partial charge >= 0.3 is 6.03 Å². The van der Waals surface area contributed by atoms with Crippen LogP contribution in [0.3, 0.4) is 0 Å². The second kappa shape index (κ2) is 9.05. The lowest BCUT2D eigenvalue weighted by atomic mass is 10.1. The van der Waals surface area contributed by atoms with Crippen LogP contribution in [0.25, 0.3) is 0 Å². The van der Waals surface area contributed by atoms with Crippen molar-refractivity contribution in [2.75, 3.05) is 53.5 Å². The van der Waals surface area contributed by atoms with Gasteiger partial charge in [0.1, 0.15) is 11.5 Å². The predicted octanol–water partition coefficient (Wildman–Crippen LogP) is 1.21. The first-order chi connectivity index (χ1) is 11.5. The molecule has 2 heterocycles. The molecular weight excluding hydrogens is 308 g/mol. The van der Waals surface area contributed by atoms with Gasteiger partial charge in [0.15, 0.2) is 0 Å². The molecule has 136 valence electrons. The molecule has 0 bridgehead atoms. The van der Waals surface area contributed by atoms with Gasteiger partial charge in [0, 0.05) is 32.2 Å². The molecule has 2 amide bonds. The zero-order valence-electron chi connectivity index (χ0n) is 15.2. The van der Waals surface area contributed by atoms with Crippen molar-refractivity contribution in [2.45, 2.75) is 25.9 Å². The zero-order chi connectivity index (χ0) is 17.5. The summed E-state index contributed by atoms with van der Waals surface area (Å²) in [4.78, 5) is 16.4. The fraction of sp³-hybridized carbons (Fsp3) is 0.706. The third kappa shape index (κ3) is 5.51. The van der Waals surface area contributed by atoms with Gasteiger partial charge in [0.25, 0.3) is 0 Å². The Bertz CT molecular complexity index is 512. The number of aryl methyl sites for hydroxylation is 1. The van der Waals surface area contributed by atoms with E-state index in [2.05, 4.69) is 27.4 Å². The minimum atomic E-state index is -0.148. The summed E-state index contributed by atoms with van der Waals surface area (Å²) in [6.45, 7) is 8.23. The van der Waals surface area contributed by atoms with Crippen LogP contribution in [0.5, 0.6) is 0 Å². The number of hydrogen-bond acceptors (Lipinski definition) is 5. The molecule has 0 spiro atoms. The largest absolute Gasteiger partial charge is 0.465 e. The molecular formula is C17H30N4O3. The Morgan fingerprint density at radius 1 is 1.25 bits per heavy atom. The van der Waals surface area contributed by atoms with Crippen LogP contribution in [-0.4, -0.2) is 75.4 Å². The molecule has 0 radical (unpaired) electrons. The van der Waals surface area contributed by atoms with Crippen molar-refractivity contribution in [2.24, 2.45) is 0 Å². The summed E-state index contributed by atoms with van der Waals surface area (Å²) in [6, 6.07) is 4.12. The number of ether oxygens (including phenoxy) is 1. The molecule has 2 N–H and O–H groups in total. The normalized spacial score (nSPS) is 18.4. The molecule has 1 aromatic rings. The number of carbonyl (C=O) groups is 1. The predicted molar refractivity (Wildman–Crippen MR) is 93.1 cm³/mol. The maximum absolute atomic E-state index is 12.1. The Labute approximate surface area is 144 Å². The molecule has 1 saturated heterocycles. The van der Waals surface area contributed by atoms with E-state index >= 15 is 0 Å². The van der Waals surface area contributed by atoms with Crippen LogP contribution < -0.4 is 10.6 Å². The van der Waals surface area contributed by atoms with Crippen LogP contribution in [0.15, 0.2) is 16.5 Å². The van der Waals surface area contributed by atoms with E-state index in [1.54, 1.807) is 0 Å². The highest BCUT2D eigenvalue weighted by molar-refractivity contribution is 5.73. The standard InChI is InChI=1S/C17H30N4O3/c1-13(20(3)4)11-18-17(22)19-12-15(16-6-5-14(2)24-16)21-7-9-23-10-8-21/h5-6,13,15H,7-12H2,1-4H3,(H2,18,19,22)/t13-,15+/m1/s1. The first-order valence-corrected chi connectivity index (χ1v) is 8.53. The number of morpholine rings is 1. The Morgan fingerprint density at radius 3 is 2.50 bits per heavy atom. The van der Waals surface area contributed by atoms with Gasteiger partial charge in [-0.2, -0.15) is 0 Å². The molecule has 0 aromatic carbocycles. The van der Waals surface area contributed by atoms with Crippen molar-refractivity contribution in [1.29, 1.82) is 0 Å². The quantitative estimate of drug-likeness (QED) is 0.782. The summed E-state index contributed by atoms with van der Waals surface area (Å²) in [5, 5.41) is 5.88. The van der Waals surface area contributed by atoms with Crippen LogP contribution >= 0.6 is 0 Å². The summed E-state index contributed by atoms with van der Waals surface area (Å²) >= 11 is 0. The summed E-state index contributed by atoms with van der Waals surface area (Å²) in [7, 11) is 4.00. The topological polar surface area (TPSA) is 70.0 Å². The van der Waals surface area contributed by atoms with Gasteiger partial charge in [-0.15, -0.1) is 0 Å². The van der Waals surface area contributed by atoms with Crippen LogP contribution in [0, 0.1) is 6.92 Å². The van der Waals surface area contributed by atoms with Gasteiger partial charge in [-0.05, 0) is 40.1 Å². The average Bonchev–Trinajstić information content (AvgIpc) is 3.00. The molecule has 24 heavy (non-hydrogen) atoms. The average molecular weight is 338 g/mol. The summed E-state index contributed by atoms with van der Waals surface area (Å²) in [5.74, 6) is 1.77. The molecule has 2 rings (SSSR count). The first-order valence-electron chi connectivity index (χ1n) is 8.53. The molecule has 1 aliphatic heterocycles. The monoisotopic (exact) mass is 338 g/mol. The van der Waals surface area contributed by atoms with E-state index in [1.807, 2.05) is 33.2 Å². The summed E-state index contributed by atoms with van der Waals surface area (Å²) in [5.41, 5.74) is 0. The maximum Gasteiger partial charge on any atom is 0.314 e. The third-order valence-electron chi connectivity index (χ3n) is 4.47. The molecule has 1 fully saturated rings. The number of likely N-dealkylation sites (N-methyl/N-ethyl adjacent to an activating group) is 1. The van der Waals surface area contributed by atoms with Crippen molar-refractivity contribution >= 4 is 6.03 Å². The summed E-state index contributed by atoms with van der Waals surface area (Å²) in [6.07, 6.45) is 0. The minimum Gasteiger partial charge on any atom is -0.465 e. The van der Waals surface area contributed by atoms with Crippen LogP contribution in [0.1, 0.15) is 24.5 Å². The highest BCUT2D eigenvalue weighted by atomic mass is 16.5. The minimum absolute atomic E-state index is 0.0274. The van der Waals surface area contributed by atoms with Gasteiger partial charge in [-0.3, -0.25) is 4.90 Å². The Balaban J connectivity index is 1.89. The van der Waals surface area contributed by atoms with Crippen molar-refractivity contribution in [3.63, 3.8) is 0 Å². The molecule has 0 aliphatic carbocycles. The molecule has 7 heteroatoms. The van der Waals surface area contributed by atoms with E-state index < -0.39 is 0 Å². The van der Waals surface area contributed by atoms with Gasteiger partial charge in [-0.1, -0.05) is 0 Å². The fourth-order valence-electron chi connectivity index (χ4n) is 2.61. The van der Waals surface area contributed by atoms with Crippen molar-refractivity contribution in [3.8, 4) is 0 Å². The van der Waals surface area contributed by atoms with Crippen LogP contribution in [0.2, 0.25) is 0 Å². The maximum atomic E-state index is 12.1. The van der Waals surface area contributed by atoms with Crippen molar-refractivity contribution in [1.82, 2.24) is 20.4 Å². The van der Waals surface area contributed by atoms with E-state index in [4.69, 9.17) is 9.15 Å². The number of hydrogen-bond donors (Lipinski definition) is 2. The smallest absolute Gasteiger partial charge is 0.314 e. The van der Waals surface area contributed by atoms with Gasteiger partial charge in [0.2, 0.25) is 0 Å². The zero-order valence-corrected chi connectivity index (χ0v) is 15.2. The third-order valence-corrected chi connectivity index (χ3v) is 4.47. The van der Waals surface area contributed by atoms with Crippen molar-refractivity contribution < 1.29 is 13.9 Å². The second-order valence-electron chi connectivity index (χ2n) is 6.52. The number of urea groups is 1. The lowest BCUT2D eigenvalue weighted by Gasteiger charge is -2.33. The van der Waals surface area contributed by atoms with Crippen LogP contribution in [-0.2, 0) is 4.74 Å². The molecule has 0 unspecified atom stereocenters. The number of amides is 2. The van der Waals surface area contributed by atoms with Gasteiger partial charge in [-0.25, -0.2) is 4.79 Å². The number of nitrogens with zero attached hydrogens (tertiary/aromatic N) is 2. The van der Waals surface area contributed by atoms with Gasteiger partial charge < -0.3 is 24.7 Å². The lowest BCUT2D eigenvalue weighted by Crippen LogP contribution is -2.47. The Kier molecular flexibility index (Phi) is 7.08. The van der Waals surface area contributed by atoms with E-state index in [0.29, 0.717) is 32.3 Å². The molecule has 7 nitrogen and oxygen atoms in total. The SMILES string of the molecule is Cc1ccc([C@H](CNC(=O)NC[C@@H](C)N(C)C)N2CCOCC2)o1. The number of carbonyl (C=O) groups excluding carboxylic acids is 1. The van der Waals surface area contributed by atoms with E-state index in [0.717, 1.165) is 24.6 Å². The van der Waals surface area contributed by atoms with Crippen LogP contribution in [0.4, 0.5) is 4.79 Å². The Morgan fingerprint density at radius 2 is 1.92 bits per heavy atom. The van der Waals surface area contributed by atoms with E-state index in [1.165, 1.54) is 0 Å². The second-order valence-corrected chi connectivity index (χ2v) is 6.52. The first kappa shape index (κ1) is 18.8. The highest BCUT2D eigenvalue weighted by Crippen LogP contribution is 2.23. The fourth-order valence-corrected chi connectivity index (χ4v) is 2.61. The number of rotatable bonds is 7. The van der Waals surface area contributed by atoms with E-state index in [9.17, 15) is 4.79 Å². The number of nitrogens with one attached hydrogen (secondary N) is 2. The molecule has 0 saturated carbocycles. The molecule has 2 atom stereocenters. The molecule has 1 aromatic heterocycles. The van der Waals surface area contributed by atoms with Gasteiger partial charge in [0.05, 0.1) is 19.3 Å². The number of furan rings is 1. The highest BCUT2D eigenvalue weighted by Gasteiger charge is 2.25. The summed E-state index contributed by atoms with van der Waals surface area (Å²) < 4.78 is 11.2. The Hall–Kier alpha value is -1.57. The lowest BCUT2D eigenvalue weighted by molar-refractivity contribution is 0.0121. The van der Waals surface area contributed by atoms with Crippen molar-refractivity contribution in [3.05, 3.63) is 23.7 Å².